The van der Waals surface area contributed by atoms with Crippen LogP contribution in [0.15, 0.2) is 52.9 Å². The molecule has 1 atom stereocenters. The topological polar surface area (TPSA) is 95.7 Å². The number of benzene rings is 2. The fourth-order valence-electron chi connectivity index (χ4n) is 3.74. The van der Waals surface area contributed by atoms with Gasteiger partial charge in [-0.25, -0.2) is 9.78 Å². The molecule has 1 aliphatic rings. The van der Waals surface area contributed by atoms with Crippen molar-refractivity contribution < 1.29 is 19.1 Å². The Morgan fingerprint density at radius 1 is 1.23 bits per heavy atom. The van der Waals surface area contributed by atoms with E-state index in [2.05, 4.69) is 15.2 Å². The molecule has 4 rings (SSSR count). The van der Waals surface area contributed by atoms with Gasteiger partial charge in [-0.1, -0.05) is 17.7 Å². The highest BCUT2D eigenvalue weighted by Crippen LogP contribution is 2.25. The summed E-state index contributed by atoms with van der Waals surface area (Å²) in [6, 6.07) is 13.8. The van der Waals surface area contributed by atoms with E-state index in [4.69, 9.17) is 16.0 Å². The predicted molar refractivity (Wildman–Crippen MR) is 118 cm³/mol. The van der Waals surface area contributed by atoms with Crippen molar-refractivity contribution in [3.05, 3.63) is 70.6 Å². The fourth-order valence-corrected chi connectivity index (χ4v) is 3.87. The number of carbonyl (C=O) groups excluding carboxylic acids is 1. The molecule has 1 aromatic heterocycles. The molecule has 1 aliphatic heterocycles. The molecule has 0 spiro atoms. The monoisotopic (exact) mass is 439 g/mol. The predicted octanol–water partition coefficient (Wildman–Crippen LogP) is 4.40. The van der Waals surface area contributed by atoms with Gasteiger partial charge in [0.05, 0.1) is 11.3 Å². The van der Waals surface area contributed by atoms with Crippen LogP contribution < -0.4 is 10.2 Å². The van der Waals surface area contributed by atoms with Crippen molar-refractivity contribution in [1.29, 1.82) is 0 Å². The van der Waals surface area contributed by atoms with Gasteiger partial charge in [0.15, 0.2) is 0 Å². The number of piperidine rings is 1. The Balaban J connectivity index is 1.45. The van der Waals surface area contributed by atoms with E-state index in [1.165, 1.54) is 0 Å². The maximum Gasteiger partial charge on any atom is 0.335 e. The first-order valence-electron chi connectivity index (χ1n) is 10.0. The Morgan fingerprint density at radius 3 is 2.74 bits per heavy atom. The van der Waals surface area contributed by atoms with E-state index >= 15 is 0 Å². The fraction of sp³-hybridized carbons (Fsp3) is 0.261. The summed E-state index contributed by atoms with van der Waals surface area (Å²) >= 11 is 5.93. The van der Waals surface area contributed by atoms with Gasteiger partial charge < -0.3 is 19.7 Å². The number of aromatic carboxylic acids is 1. The molecule has 0 bridgehead atoms. The first kappa shape index (κ1) is 20.9. The van der Waals surface area contributed by atoms with Crippen LogP contribution in [0, 0.1) is 6.92 Å². The van der Waals surface area contributed by atoms with Gasteiger partial charge >= 0.3 is 5.97 Å². The van der Waals surface area contributed by atoms with Gasteiger partial charge in [-0.05, 0) is 62.2 Å². The number of rotatable bonds is 5. The molecule has 0 saturated carbocycles. The Bertz CT molecular complexity index is 1110. The van der Waals surface area contributed by atoms with Gasteiger partial charge in [0, 0.05) is 35.4 Å². The van der Waals surface area contributed by atoms with Gasteiger partial charge in [0.25, 0.3) is 5.91 Å². The summed E-state index contributed by atoms with van der Waals surface area (Å²) < 4.78 is 5.75. The lowest BCUT2D eigenvalue weighted by molar-refractivity contribution is 0.0696. The second-order valence-electron chi connectivity index (χ2n) is 7.55. The van der Waals surface area contributed by atoms with Crippen molar-refractivity contribution in [3.63, 3.8) is 0 Å². The molecular weight excluding hydrogens is 418 g/mol. The molecule has 160 valence electrons. The Hall–Kier alpha value is -3.32. The molecule has 0 aliphatic carbocycles. The van der Waals surface area contributed by atoms with Gasteiger partial charge in [-0.3, -0.25) is 4.79 Å². The van der Waals surface area contributed by atoms with Gasteiger partial charge in [0.1, 0.15) is 0 Å². The van der Waals surface area contributed by atoms with Gasteiger partial charge in [-0.2, -0.15) is 0 Å². The van der Waals surface area contributed by atoms with Crippen LogP contribution in [0.4, 0.5) is 5.69 Å². The molecule has 0 unspecified atom stereocenters. The van der Waals surface area contributed by atoms with Crippen molar-refractivity contribution >= 4 is 29.2 Å². The minimum atomic E-state index is -0.957. The number of aromatic nitrogens is 1. The number of hydrogen-bond donors (Lipinski definition) is 2. The molecular formula is C23H22ClN3O4. The van der Waals surface area contributed by atoms with E-state index in [1.54, 1.807) is 49.4 Å². The molecule has 2 N–H and O–H groups in total. The SMILES string of the molecule is Cc1nc(-c2ccc(Cl)cc2)oc1C(=O)N[C@H]1CCCN(c2cccc(C(=O)O)c2)C1. The van der Waals surface area contributed by atoms with Crippen molar-refractivity contribution in [2.75, 3.05) is 18.0 Å². The molecule has 0 radical (unpaired) electrons. The average Bonchev–Trinajstić information content (AvgIpc) is 3.16. The highest BCUT2D eigenvalue weighted by atomic mass is 35.5. The average molecular weight is 440 g/mol. The largest absolute Gasteiger partial charge is 0.478 e. The van der Waals surface area contributed by atoms with Crippen LogP contribution in [0.25, 0.3) is 11.5 Å². The van der Waals surface area contributed by atoms with Crippen molar-refractivity contribution in [3.8, 4) is 11.5 Å². The van der Waals surface area contributed by atoms with Crippen LogP contribution in [-0.2, 0) is 0 Å². The smallest absolute Gasteiger partial charge is 0.335 e. The summed E-state index contributed by atoms with van der Waals surface area (Å²) in [6.45, 7) is 3.13. The number of aryl methyl sites for hydroxylation is 1. The molecule has 2 aromatic carbocycles. The second kappa shape index (κ2) is 8.81. The van der Waals surface area contributed by atoms with E-state index in [0.717, 1.165) is 30.6 Å². The number of carboxylic acids is 1. The third-order valence-electron chi connectivity index (χ3n) is 5.31. The van der Waals surface area contributed by atoms with E-state index in [1.807, 2.05) is 6.07 Å². The zero-order chi connectivity index (χ0) is 22.0. The number of carboxylic acid groups (broad SMARTS) is 1. The van der Waals surface area contributed by atoms with Crippen LogP contribution >= 0.6 is 11.6 Å². The number of nitrogens with one attached hydrogen (secondary N) is 1. The Morgan fingerprint density at radius 2 is 2.00 bits per heavy atom. The number of halogens is 1. The number of nitrogens with zero attached hydrogens (tertiary/aromatic N) is 2. The first-order chi connectivity index (χ1) is 14.9. The molecule has 31 heavy (non-hydrogen) atoms. The number of carbonyl (C=O) groups is 2. The summed E-state index contributed by atoms with van der Waals surface area (Å²) in [5, 5.41) is 12.9. The standard InChI is InChI=1S/C23H22ClN3O4/c1-14-20(31-22(25-14)15-7-9-17(24)10-8-15)21(28)26-18-5-3-11-27(13-18)19-6-2-4-16(12-19)23(29)30/h2,4,6-10,12,18H,3,5,11,13H2,1H3,(H,26,28)(H,29,30)/t18-/m0/s1. The first-order valence-corrected chi connectivity index (χ1v) is 10.4. The molecule has 3 aromatic rings. The summed E-state index contributed by atoms with van der Waals surface area (Å²) in [6.07, 6.45) is 1.71. The lowest BCUT2D eigenvalue weighted by atomic mass is 10.0. The van der Waals surface area contributed by atoms with Gasteiger partial charge in [0.2, 0.25) is 11.7 Å². The van der Waals surface area contributed by atoms with Crippen LogP contribution in [0.1, 0.15) is 39.4 Å². The summed E-state index contributed by atoms with van der Waals surface area (Å²) in [7, 11) is 0. The Labute approximate surface area is 184 Å². The zero-order valence-electron chi connectivity index (χ0n) is 17.0. The quantitative estimate of drug-likeness (QED) is 0.611. The molecule has 2 heterocycles. The van der Waals surface area contributed by atoms with Crippen molar-refractivity contribution in [1.82, 2.24) is 10.3 Å². The van der Waals surface area contributed by atoms with Crippen molar-refractivity contribution in [2.24, 2.45) is 0 Å². The molecule has 8 heteroatoms. The highest BCUT2D eigenvalue weighted by molar-refractivity contribution is 6.30. The molecule has 1 saturated heterocycles. The molecule has 1 fully saturated rings. The highest BCUT2D eigenvalue weighted by Gasteiger charge is 2.25. The zero-order valence-corrected chi connectivity index (χ0v) is 17.7. The molecule has 1 amide bonds. The number of anilines is 1. The normalized spacial score (nSPS) is 16.2. The van der Waals surface area contributed by atoms with E-state index in [9.17, 15) is 14.7 Å². The van der Waals surface area contributed by atoms with Crippen molar-refractivity contribution in [2.45, 2.75) is 25.8 Å². The summed E-state index contributed by atoms with van der Waals surface area (Å²) in [5.41, 5.74) is 2.34. The number of hydrogen-bond acceptors (Lipinski definition) is 5. The lowest BCUT2D eigenvalue weighted by Gasteiger charge is -2.34. The van der Waals surface area contributed by atoms with E-state index < -0.39 is 5.97 Å². The maximum atomic E-state index is 12.9. The third-order valence-corrected chi connectivity index (χ3v) is 5.56. The number of amides is 1. The minimum Gasteiger partial charge on any atom is -0.478 e. The third kappa shape index (κ3) is 4.72. The minimum absolute atomic E-state index is 0.0850. The van der Waals surface area contributed by atoms with E-state index in [-0.39, 0.29) is 23.3 Å². The Kier molecular flexibility index (Phi) is 5.95. The lowest BCUT2D eigenvalue weighted by Crippen LogP contribution is -2.47. The van der Waals surface area contributed by atoms with Crippen LogP contribution in [0.3, 0.4) is 0 Å². The van der Waals surface area contributed by atoms with Gasteiger partial charge in [-0.15, -0.1) is 0 Å². The molecule has 7 nitrogen and oxygen atoms in total. The van der Waals surface area contributed by atoms with E-state index in [0.29, 0.717) is 23.2 Å². The summed E-state index contributed by atoms with van der Waals surface area (Å²) in [4.78, 5) is 30.6. The number of oxazole rings is 1. The second-order valence-corrected chi connectivity index (χ2v) is 7.99. The van der Waals surface area contributed by atoms with Crippen LogP contribution in [0.2, 0.25) is 5.02 Å². The van der Waals surface area contributed by atoms with Crippen LogP contribution in [-0.4, -0.2) is 41.1 Å². The summed E-state index contributed by atoms with van der Waals surface area (Å²) in [5.74, 6) is -0.706. The maximum absolute atomic E-state index is 12.9. The van der Waals surface area contributed by atoms with Crippen LogP contribution in [0.5, 0.6) is 0 Å².